The summed E-state index contributed by atoms with van der Waals surface area (Å²) >= 11 is 0. The Hall–Kier alpha value is -2.37. The van der Waals surface area contributed by atoms with Crippen LogP contribution in [0.5, 0.6) is 0 Å². The fourth-order valence-corrected chi connectivity index (χ4v) is 2.79. The number of ether oxygens (including phenoxy) is 2. The summed E-state index contributed by atoms with van der Waals surface area (Å²) in [5.74, 6) is -0.348. The Morgan fingerprint density at radius 2 is 2.08 bits per heavy atom. The maximum atomic E-state index is 12.4. The van der Waals surface area contributed by atoms with Gasteiger partial charge in [-0.25, -0.2) is 9.59 Å². The van der Waals surface area contributed by atoms with Gasteiger partial charge in [0, 0.05) is 24.2 Å². The molecule has 0 saturated heterocycles. The first-order chi connectivity index (χ1) is 11.8. The summed E-state index contributed by atoms with van der Waals surface area (Å²) in [4.78, 5) is 28.7. The summed E-state index contributed by atoms with van der Waals surface area (Å²) in [5.41, 5.74) is 1.69. The number of carbonyl (C=O) groups excluding carboxylic acids is 2. The molecular formula is C19H26N2O4. The summed E-state index contributed by atoms with van der Waals surface area (Å²) in [5, 5.41) is 2.85. The molecule has 6 heteroatoms. The van der Waals surface area contributed by atoms with Gasteiger partial charge in [0.05, 0.1) is 12.3 Å². The van der Waals surface area contributed by atoms with Gasteiger partial charge in [-0.3, -0.25) is 4.98 Å². The van der Waals surface area contributed by atoms with Gasteiger partial charge in [0.2, 0.25) is 0 Å². The molecule has 0 bridgehead atoms. The Kier molecular flexibility index (Phi) is 6.17. The Morgan fingerprint density at radius 1 is 1.32 bits per heavy atom. The van der Waals surface area contributed by atoms with E-state index in [1.165, 1.54) is 0 Å². The van der Waals surface area contributed by atoms with Crippen LogP contribution in [-0.2, 0) is 14.3 Å². The number of nitrogens with zero attached hydrogens (tertiary/aromatic N) is 1. The van der Waals surface area contributed by atoms with E-state index in [0.717, 1.165) is 11.3 Å². The molecule has 1 amide bonds. The first-order valence-electron chi connectivity index (χ1n) is 8.60. The molecule has 0 aliphatic heterocycles. The lowest BCUT2D eigenvalue weighted by molar-refractivity contribution is -0.138. The molecule has 1 aliphatic rings. The van der Waals surface area contributed by atoms with E-state index in [4.69, 9.17) is 9.47 Å². The van der Waals surface area contributed by atoms with E-state index < -0.39 is 11.7 Å². The minimum Gasteiger partial charge on any atom is -0.463 e. The first kappa shape index (κ1) is 19.0. The zero-order valence-electron chi connectivity index (χ0n) is 15.3. The average Bonchev–Trinajstić information content (AvgIpc) is 2.54. The summed E-state index contributed by atoms with van der Waals surface area (Å²) in [7, 11) is 0. The highest BCUT2D eigenvalue weighted by molar-refractivity contribution is 5.98. The van der Waals surface area contributed by atoms with Crippen molar-refractivity contribution in [3.63, 3.8) is 0 Å². The van der Waals surface area contributed by atoms with Crippen LogP contribution in [0.2, 0.25) is 0 Å². The third-order valence-electron chi connectivity index (χ3n) is 3.77. The maximum absolute atomic E-state index is 12.4. The van der Waals surface area contributed by atoms with Crippen LogP contribution >= 0.6 is 0 Å². The Labute approximate surface area is 148 Å². The Balaban J connectivity index is 2.18. The fraction of sp³-hybridized carbons (Fsp3) is 0.526. The second-order valence-corrected chi connectivity index (χ2v) is 6.98. The van der Waals surface area contributed by atoms with Gasteiger partial charge in [0.15, 0.2) is 0 Å². The molecule has 0 spiro atoms. The molecule has 25 heavy (non-hydrogen) atoms. The molecule has 1 aromatic heterocycles. The maximum Gasteiger partial charge on any atom is 0.407 e. The molecule has 0 radical (unpaired) electrons. The van der Waals surface area contributed by atoms with Crippen molar-refractivity contribution in [3.05, 3.63) is 35.7 Å². The Bertz CT molecular complexity index is 647. The number of hydrogen-bond donors (Lipinski definition) is 1. The van der Waals surface area contributed by atoms with E-state index in [0.29, 0.717) is 31.4 Å². The third-order valence-corrected chi connectivity index (χ3v) is 3.77. The average molecular weight is 346 g/mol. The van der Waals surface area contributed by atoms with Crippen molar-refractivity contribution in [1.82, 2.24) is 10.3 Å². The minimum atomic E-state index is -0.558. The van der Waals surface area contributed by atoms with E-state index in [-0.39, 0.29) is 12.0 Å². The smallest absolute Gasteiger partial charge is 0.407 e. The molecule has 1 aliphatic carbocycles. The lowest BCUT2D eigenvalue weighted by Gasteiger charge is -2.28. The molecule has 0 aromatic carbocycles. The molecule has 1 heterocycles. The number of nitrogens with one attached hydrogen (secondary N) is 1. The molecule has 1 atom stereocenters. The van der Waals surface area contributed by atoms with Crippen molar-refractivity contribution in [2.45, 2.75) is 58.6 Å². The van der Waals surface area contributed by atoms with Crippen LogP contribution in [0.3, 0.4) is 0 Å². The summed E-state index contributed by atoms with van der Waals surface area (Å²) in [6.45, 7) is 7.53. The summed E-state index contributed by atoms with van der Waals surface area (Å²) < 4.78 is 10.5. The van der Waals surface area contributed by atoms with Gasteiger partial charge in [-0.15, -0.1) is 0 Å². The van der Waals surface area contributed by atoms with Gasteiger partial charge in [-0.2, -0.15) is 0 Å². The van der Waals surface area contributed by atoms with Crippen molar-refractivity contribution in [2.75, 3.05) is 6.61 Å². The number of aromatic nitrogens is 1. The molecule has 0 fully saturated rings. The van der Waals surface area contributed by atoms with E-state index in [1.54, 1.807) is 13.1 Å². The number of allylic oxidation sites excluding steroid dienone is 1. The second kappa shape index (κ2) is 8.14. The van der Waals surface area contributed by atoms with Crippen LogP contribution in [0.15, 0.2) is 30.0 Å². The molecule has 1 N–H and O–H groups in total. The normalized spacial score (nSPS) is 17.8. The quantitative estimate of drug-likeness (QED) is 0.845. The second-order valence-electron chi connectivity index (χ2n) is 6.98. The van der Waals surface area contributed by atoms with Crippen molar-refractivity contribution in [2.24, 2.45) is 0 Å². The van der Waals surface area contributed by atoms with Crippen LogP contribution in [0.25, 0.3) is 5.57 Å². The highest BCUT2D eigenvalue weighted by atomic mass is 16.6. The van der Waals surface area contributed by atoms with Crippen LogP contribution in [0.4, 0.5) is 4.79 Å². The number of pyridine rings is 1. The van der Waals surface area contributed by atoms with Gasteiger partial charge in [0.25, 0.3) is 0 Å². The lowest BCUT2D eigenvalue weighted by atomic mass is 9.86. The molecule has 2 rings (SSSR count). The van der Waals surface area contributed by atoms with E-state index in [1.807, 2.05) is 39.0 Å². The minimum absolute atomic E-state index is 0.165. The number of alkyl carbamates (subject to hydrolysis) is 1. The van der Waals surface area contributed by atoms with Gasteiger partial charge >= 0.3 is 12.1 Å². The van der Waals surface area contributed by atoms with Crippen LogP contribution in [0.1, 0.15) is 52.7 Å². The standard InChI is InChI=1S/C19H26N2O4/c1-5-24-17(22)15-12-13(21-18(23)25-19(2,3)4)9-10-14(15)16-8-6-7-11-20-16/h6-8,11,13H,5,9-10,12H2,1-4H3,(H,21,23). The zero-order chi connectivity index (χ0) is 18.4. The van der Waals surface area contributed by atoms with Crippen molar-refractivity contribution >= 4 is 17.6 Å². The lowest BCUT2D eigenvalue weighted by Crippen LogP contribution is -2.41. The molecule has 6 nitrogen and oxygen atoms in total. The van der Waals surface area contributed by atoms with Crippen molar-refractivity contribution < 1.29 is 19.1 Å². The fourth-order valence-electron chi connectivity index (χ4n) is 2.79. The highest BCUT2D eigenvalue weighted by Crippen LogP contribution is 2.32. The summed E-state index contributed by atoms with van der Waals surface area (Å²) in [6.07, 6.45) is 3.00. The van der Waals surface area contributed by atoms with E-state index >= 15 is 0 Å². The first-order valence-corrected chi connectivity index (χ1v) is 8.60. The topological polar surface area (TPSA) is 77.5 Å². The number of esters is 1. The predicted molar refractivity (Wildman–Crippen MR) is 94.8 cm³/mol. The number of hydrogen-bond acceptors (Lipinski definition) is 5. The van der Waals surface area contributed by atoms with E-state index in [9.17, 15) is 9.59 Å². The van der Waals surface area contributed by atoms with Crippen molar-refractivity contribution in [3.8, 4) is 0 Å². The van der Waals surface area contributed by atoms with Gasteiger partial charge in [-0.05, 0) is 58.2 Å². The SMILES string of the molecule is CCOC(=O)C1=C(c2ccccn2)CCC(NC(=O)OC(C)(C)C)C1. The predicted octanol–water partition coefficient (Wildman–Crippen LogP) is 3.48. The van der Waals surface area contributed by atoms with Crippen LogP contribution < -0.4 is 5.32 Å². The van der Waals surface area contributed by atoms with Gasteiger partial charge in [-0.1, -0.05) is 6.07 Å². The molecular weight excluding hydrogens is 320 g/mol. The van der Waals surface area contributed by atoms with Crippen LogP contribution in [0, 0.1) is 0 Å². The number of carbonyl (C=O) groups is 2. The third kappa shape index (κ3) is 5.59. The molecule has 136 valence electrons. The van der Waals surface area contributed by atoms with Crippen molar-refractivity contribution in [1.29, 1.82) is 0 Å². The van der Waals surface area contributed by atoms with Gasteiger partial charge < -0.3 is 14.8 Å². The monoisotopic (exact) mass is 346 g/mol. The molecule has 1 unspecified atom stereocenters. The van der Waals surface area contributed by atoms with E-state index in [2.05, 4.69) is 10.3 Å². The van der Waals surface area contributed by atoms with Gasteiger partial charge in [0.1, 0.15) is 5.60 Å². The highest BCUT2D eigenvalue weighted by Gasteiger charge is 2.29. The van der Waals surface area contributed by atoms with Crippen LogP contribution in [-0.4, -0.2) is 35.3 Å². The molecule has 0 saturated carbocycles. The largest absolute Gasteiger partial charge is 0.463 e. The zero-order valence-corrected chi connectivity index (χ0v) is 15.3. The Morgan fingerprint density at radius 3 is 2.68 bits per heavy atom. The molecule has 1 aromatic rings. The number of rotatable bonds is 4. The number of amides is 1. The summed E-state index contributed by atoms with van der Waals surface area (Å²) in [6, 6.07) is 5.45.